The van der Waals surface area contributed by atoms with Crippen molar-refractivity contribution in [1.29, 1.82) is 0 Å². The first-order valence-electron chi connectivity index (χ1n) is 10.7. The highest BCUT2D eigenvalue weighted by molar-refractivity contribution is 5.76. The Morgan fingerprint density at radius 3 is 2.41 bits per heavy atom. The highest BCUT2D eigenvalue weighted by Gasteiger charge is 2.55. The lowest BCUT2D eigenvalue weighted by atomic mass is 9.88. The molecule has 2 aromatic carbocycles. The molecule has 1 spiro atoms. The summed E-state index contributed by atoms with van der Waals surface area (Å²) >= 11 is 0. The van der Waals surface area contributed by atoms with E-state index in [4.69, 9.17) is 0 Å². The van der Waals surface area contributed by atoms with E-state index in [-0.39, 0.29) is 6.17 Å². The minimum absolute atomic E-state index is 0.0472. The van der Waals surface area contributed by atoms with E-state index in [1.165, 1.54) is 28.7 Å². The van der Waals surface area contributed by atoms with Crippen molar-refractivity contribution in [3.8, 4) is 11.1 Å². The fourth-order valence-electron chi connectivity index (χ4n) is 5.02. The summed E-state index contributed by atoms with van der Waals surface area (Å²) in [5.74, 6) is 0.962. The largest absolute Gasteiger partial charge is 0.343 e. The molecular formula is C23H29N5O. The van der Waals surface area contributed by atoms with Crippen LogP contribution in [0.1, 0.15) is 55.8 Å². The van der Waals surface area contributed by atoms with Crippen molar-refractivity contribution < 1.29 is 4.79 Å². The van der Waals surface area contributed by atoms with Crippen molar-refractivity contribution >= 4 is 5.91 Å². The van der Waals surface area contributed by atoms with Crippen LogP contribution in [0.3, 0.4) is 0 Å². The number of rotatable bonds is 4. The lowest BCUT2D eigenvalue weighted by molar-refractivity contribution is -0.132. The van der Waals surface area contributed by atoms with Crippen molar-refractivity contribution in [3.05, 3.63) is 59.7 Å². The van der Waals surface area contributed by atoms with Crippen LogP contribution in [0.4, 0.5) is 0 Å². The summed E-state index contributed by atoms with van der Waals surface area (Å²) in [4.78, 5) is 14.0. The third-order valence-electron chi connectivity index (χ3n) is 6.97. The van der Waals surface area contributed by atoms with Crippen LogP contribution < -0.4 is 21.9 Å². The summed E-state index contributed by atoms with van der Waals surface area (Å²) in [6.45, 7) is 3.82. The number of piperidine rings is 1. The quantitative estimate of drug-likeness (QED) is 0.645. The Bertz CT molecular complexity index is 882. The van der Waals surface area contributed by atoms with Gasteiger partial charge in [0.15, 0.2) is 0 Å². The lowest BCUT2D eigenvalue weighted by Crippen LogP contribution is -2.39. The Morgan fingerprint density at radius 1 is 1.00 bits per heavy atom. The molecule has 0 aromatic heterocycles. The molecule has 2 aromatic rings. The Kier molecular flexibility index (Phi) is 4.87. The van der Waals surface area contributed by atoms with Crippen LogP contribution in [0.25, 0.3) is 11.1 Å². The van der Waals surface area contributed by atoms with Crippen molar-refractivity contribution in [1.82, 2.24) is 26.8 Å². The Hall–Kier alpha value is -2.25. The number of hydrazine groups is 3. The van der Waals surface area contributed by atoms with Crippen LogP contribution in [0.5, 0.6) is 0 Å². The number of carbonyl (C=O) groups is 1. The van der Waals surface area contributed by atoms with E-state index in [1.54, 1.807) is 0 Å². The molecule has 0 bridgehead atoms. The van der Waals surface area contributed by atoms with E-state index in [1.807, 2.05) is 6.92 Å². The van der Waals surface area contributed by atoms with Gasteiger partial charge < -0.3 is 4.90 Å². The molecule has 1 aliphatic carbocycles. The molecule has 4 N–H and O–H groups in total. The van der Waals surface area contributed by atoms with E-state index in [2.05, 4.69) is 75.4 Å². The molecule has 2 aliphatic heterocycles. The number of amides is 1. The number of nitrogens with zero attached hydrogens (tertiary/aromatic N) is 1. The molecule has 3 fully saturated rings. The first-order chi connectivity index (χ1) is 14.2. The third kappa shape index (κ3) is 3.57. The zero-order chi connectivity index (χ0) is 19.8. The average molecular weight is 392 g/mol. The van der Waals surface area contributed by atoms with Gasteiger partial charge in [0.2, 0.25) is 5.91 Å². The number of nitrogens with one attached hydrogen (secondary N) is 4. The molecule has 29 heavy (non-hydrogen) atoms. The number of hydrogen-bond acceptors (Lipinski definition) is 5. The molecule has 6 heteroatoms. The molecule has 0 unspecified atom stereocenters. The van der Waals surface area contributed by atoms with E-state index in [9.17, 15) is 4.79 Å². The standard InChI is InChI=1S/C23H29N5O/c1-2-21(29)28-12-10-23(11-13-28)15-20(23)17-8-6-16(7-9-17)18-4-3-5-19(14-18)22-24-26-27-25-22/h3-9,14,20,22,24-27H,2,10-13,15H2,1H3/t20-/m0/s1. The van der Waals surface area contributed by atoms with Crippen LogP contribution >= 0.6 is 0 Å². The molecular weight excluding hydrogens is 362 g/mol. The summed E-state index contributed by atoms with van der Waals surface area (Å²) in [5, 5.41) is 0. The number of carbonyl (C=O) groups excluding carboxylic acids is 1. The minimum atomic E-state index is 0.0472. The Morgan fingerprint density at radius 2 is 1.72 bits per heavy atom. The predicted octanol–water partition coefficient (Wildman–Crippen LogP) is 2.98. The molecule has 5 rings (SSSR count). The maximum Gasteiger partial charge on any atom is 0.222 e. The molecule has 6 nitrogen and oxygen atoms in total. The summed E-state index contributed by atoms with van der Waals surface area (Å²) in [6.07, 6.45) is 4.24. The summed E-state index contributed by atoms with van der Waals surface area (Å²) in [7, 11) is 0. The van der Waals surface area contributed by atoms with Gasteiger partial charge in [-0.25, -0.2) is 10.9 Å². The first-order valence-corrected chi connectivity index (χ1v) is 10.7. The van der Waals surface area contributed by atoms with Gasteiger partial charge in [-0.3, -0.25) is 4.79 Å². The molecule has 2 heterocycles. The third-order valence-corrected chi connectivity index (χ3v) is 6.97. The van der Waals surface area contributed by atoms with Gasteiger partial charge in [0.1, 0.15) is 6.17 Å². The zero-order valence-corrected chi connectivity index (χ0v) is 16.9. The van der Waals surface area contributed by atoms with Gasteiger partial charge in [-0.1, -0.05) is 49.4 Å². The van der Waals surface area contributed by atoms with Gasteiger partial charge in [0.25, 0.3) is 0 Å². The van der Waals surface area contributed by atoms with Gasteiger partial charge >= 0.3 is 0 Å². The van der Waals surface area contributed by atoms with Crippen molar-refractivity contribution in [3.63, 3.8) is 0 Å². The molecule has 1 amide bonds. The fourth-order valence-corrected chi connectivity index (χ4v) is 5.02. The molecule has 1 saturated carbocycles. The van der Waals surface area contributed by atoms with Crippen LogP contribution in [-0.4, -0.2) is 23.9 Å². The lowest BCUT2D eigenvalue weighted by Gasteiger charge is -2.33. The van der Waals surface area contributed by atoms with E-state index < -0.39 is 0 Å². The van der Waals surface area contributed by atoms with Crippen LogP contribution in [-0.2, 0) is 4.79 Å². The molecule has 0 radical (unpaired) electrons. The second-order valence-electron chi connectivity index (χ2n) is 8.57. The van der Waals surface area contributed by atoms with Crippen molar-refractivity contribution in [2.45, 2.75) is 44.7 Å². The van der Waals surface area contributed by atoms with Gasteiger partial charge in [-0.15, -0.1) is 0 Å². The van der Waals surface area contributed by atoms with Crippen molar-refractivity contribution in [2.75, 3.05) is 13.1 Å². The second kappa shape index (κ2) is 7.54. The normalized spacial score (nSPS) is 23.5. The van der Waals surface area contributed by atoms with E-state index in [0.717, 1.165) is 25.9 Å². The highest BCUT2D eigenvalue weighted by atomic mass is 16.2. The first kappa shape index (κ1) is 18.8. The molecule has 1 atom stereocenters. The van der Waals surface area contributed by atoms with Gasteiger partial charge in [-0.2, -0.15) is 11.1 Å². The summed E-state index contributed by atoms with van der Waals surface area (Å²) in [6, 6.07) is 17.7. The average Bonchev–Trinajstić information content (AvgIpc) is 3.20. The molecule has 2 saturated heterocycles. The van der Waals surface area contributed by atoms with Crippen molar-refractivity contribution in [2.24, 2.45) is 5.41 Å². The Balaban J connectivity index is 1.26. The van der Waals surface area contributed by atoms with Gasteiger partial charge in [-0.05, 0) is 58.9 Å². The molecule has 152 valence electrons. The van der Waals surface area contributed by atoms with Gasteiger partial charge in [0.05, 0.1) is 0 Å². The maximum absolute atomic E-state index is 11.9. The summed E-state index contributed by atoms with van der Waals surface area (Å²) in [5.41, 5.74) is 17.5. The second-order valence-corrected chi connectivity index (χ2v) is 8.57. The predicted molar refractivity (Wildman–Crippen MR) is 113 cm³/mol. The fraction of sp³-hybridized carbons (Fsp3) is 0.435. The van der Waals surface area contributed by atoms with Gasteiger partial charge in [0, 0.05) is 19.5 Å². The monoisotopic (exact) mass is 391 g/mol. The SMILES string of the molecule is CCC(=O)N1CCC2(CC1)C[C@H]2c1ccc(-c2cccc(C3NNNN3)c2)cc1. The van der Waals surface area contributed by atoms with Crippen LogP contribution in [0.2, 0.25) is 0 Å². The van der Waals surface area contributed by atoms with E-state index >= 15 is 0 Å². The summed E-state index contributed by atoms with van der Waals surface area (Å²) < 4.78 is 0. The minimum Gasteiger partial charge on any atom is -0.343 e. The maximum atomic E-state index is 11.9. The van der Waals surface area contributed by atoms with Crippen LogP contribution in [0.15, 0.2) is 48.5 Å². The zero-order valence-electron chi connectivity index (χ0n) is 16.9. The van der Waals surface area contributed by atoms with Crippen LogP contribution in [0, 0.1) is 5.41 Å². The van der Waals surface area contributed by atoms with E-state index in [0.29, 0.717) is 23.7 Å². The Labute approximate surface area is 172 Å². The topological polar surface area (TPSA) is 68.4 Å². The number of likely N-dealkylation sites (tertiary alicyclic amines) is 1. The smallest absolute Gasteiger partial charge is 0.222 e. The number of hydrogen-bond donors (Lipinski definition) is 4. The molecule has 3 aliphatic rings. The highest BCUT2D eigenvalue weighted by Crippen LogP contribution is 2.64. The number of benzene rings is 2.